The number of thioether (sulfide) groups is 1. The highest BCUT2D eigenvalue weighted by atomic mass is 32.2. The highest BCUT2D eigenvalue weighted by Crippen LogP contribution is 2.50. The second-order valence-corrected chi connectivity index (χ2v) is 5.94. The third-order valence-electron chi connectivity index (χ3n) is 3.56. The van der Waals surface area contributed by atoms with Crippen molar-refractivity contribution in [3.8, 4) is 0 Å². The first-order valence-corrected chi connectivity index (χ1v) is 7.24. The highest BCUT2D eigenvalue weighted by Gasteiger charge is 2.41. The molecule has 1 aromatic rings. The molecular formula is C14H21NS. The molecule has 1 fully saturated rings. The SMILES string of the molecule is Cc1ccccc1CSCC1(CCN)CC1. The molecule has 0 unspecified atom stereocenters. The lowest BCUT2D eigenvalue weighted by molar-refractivity contribution is 0.537. The van der Waals surface area contributed by atoms with Crippen LogP contribution in [0, 0.1) is 12.3 Å². The van der Waals surface area contributed by atoms with E-state index in [-0.39, 0.29) is 0 Å². The standard InChI is InChI=1S/C14H21NS/c1-12-4-2-3-5-13(12)10-16-11-14(6-7-14)8-9-15/h2-5H,6-11,15H2,1H3. The maximum Gasteiger partial charge on any atom is 0.0187 e. The summed E-state index contributed by atoms with van der Waals surface area (Å²) in [5.41, 5.74) is 9.16. The normalized spacial score (nSPS) is 17.4. The number of benzene rings is 1. The predicted molar refractivity (Wildman–Crippen MR) is 72.7 cm³/mol. The smallest absolute Gasteiger partial charge is 0.0187 e. The van der Waals surface area contributed by atoms with Crippen LogP contribution in [0.25, 0.3) is 0 Å². The zero-order chi connectivity index (χ0) is 11.4. The van der Waals surface area contributed by atoms with Crippen LogP contribution in [-0.4, -0.2) is 12.3 Å². The van der Waals surface area contributed by atoms with E-state index in [2.05, 4.69) is 43.0 Å². The van der Waals surface area contributed by atoms with Gasteiger partial charge in [0, 0.05) is 5.75 Å². The molecule has 0 bridgehead atoms. The van der Waals surface area contributed by atoms with Gasteiger partial charge in [0.1, 0.15) is 0 Å². The summed E-state index contributed by atoms with van der Waals surface area (Å²) in [5, 5.41) is 0. The minimum absolute atomic E-state index is 0.613. The van der Waals surface area contributed by atoms with Crippen molar-refractivity contribution < 1.29 is 0 Å². The van der Waals surface area contributed by atoms with E-state index in [1.165, 1.54) is 36.1 Å². The Hall–Kier alpha value is -0.470. The summed E-state index contributed by atoms with van der Waals surface area (Å²) in [6.45, 7) is 3.05. The Morgan fingerprint density at radius 1 is 1.31 bits per heavy atom. The molecule has 0 saturated heterocycles. The van der Waals surface area contributed by atoms with Gasteiger partial charge in [-0.05, 0) is 55.0 Å². The van der Waals surface area contributed by atoms with Gasteiger partial charge in [0.05, 0.1) is 0 Å². The van der Waals surface area contributed by atoms with E-state index >= 15 is 0 Å². The molecular weight excluding hydrogens is 214 g/mol. The number of hydrogen-bond donors (Lipinski definition) is 1. The quantitative estimate of drug-likeness (QED) is 0.818. The first kappa shape index (κ1) is 12.0. The molecule has 88 valence electrons. The van der Waals surface area contributed by atoms with Gasteiger partial charge in [0.25, 0.3) is 0 Å². The maximum atomic E-state index is 5.65. The lowest BCUT2D eigenvalue weighted by atomic mass is 10.1. The van der Waals surface area contributed by atoms with E-state index in [0.29, 0.717) is 5.41 Å². The minimum atomic E-state index is 0.613. The Balaban J connectivity index is 1.78. The molecule has 16 heavy (non-hydrogen) atoms. The van der Waals surface area contributed by atoms with Crippen molar-refractivity contribution in [2.24, 2.45) is 11.1 Å². The van der Waals surface area contributed by atoms with Gasteiger partial charge < -0.3 is 5.73 Å². The molecule has 2 N–H and O–H groups in total. The summed E-state index contributed by atoms with van der Waals surface area (Å²) >= 11 is 2.07. The van der Waals surface area contributed by atoms with Crippen molar-refractivity contribution in [3.63, 3.8) is 0 Å². The van der Waals surface area contributed by atoms with Crippen molar-refractivity contribution in [2.75, 3.05) is 12.3 Å². The van der Waals surface area contributed by atoms with E-state index in [9.17, 15) is 0 Å². The van der Waals surface area contributed by atoms with Crippen LogP contribution in [0.3, 0.4) is 0 Å². The molecule has 1 nitrogen and oxygen atoms in total. The van der Waals surface area contributed by atoms with E-state index < -0.39 is 0 Å². The monoisotopic (exact) mass is 235 g/mol. The summed E-state index contributed by atoms with van der Waals surface area (Å²) < 4.78 is 0. The van der Waals surface area contributed by atoms with Crippen molar-refractivity contribution in [3.05, 3.63) is 35.4 Å². The lowest BCUT2D eigenvalue weighted by Crippen LogP contribution is -2.11. The van der Waals surface area contributed by atoms with Gasteiger partial charge >= 0.3 is 0 Å². The molecule has 1 saturated carbocycles. The summed E-state index contributed by atoms with van der Waals surface area (Å²) in [7, 11) is 0. The zero-order valence-electron chi connectivity index (χ0n) is 10.0. The highest BCUT2D eigenvalue weighted by molar-refractivity contribution is 7.98. The number of rotatable bonds is 6. The Labute approximate surface area is 103 Å². The first-order chi connectivity index (χ1) is 7.76. The van der Waals surface area contributed by atoms with Gasteiger partial charge in [-0.2, -0.15) is 11.8 Å². The fraction of sp³-hybridized carbons (Fsp3) is 0.571. The molecule has 0 radical (unpaired) electrons. The maximum absolute atomic E-state index is 5.65. The Bertz CT molecular complexity index is 344. The van der Waals surface area contributed by atoms with E-state index in [4.69, 9.17) is 5.73 Å². The van der Waals surface area contributed by atoms with Crippen LogP contribution in [0.15, 0.2) is 24.3 Å². The molecule has 0 amide bonds. The summed E-state index contributed by atoms with van der Waals surface area (Å²) in [5.74, 6) is 2.44. The molecule has 1 aliphatic rings. The van der Waals surface area contributed by atoms with Crippen LogP contribution < -0.4 is 5.73 Å². The number of nitrogens with two attached hydrogens (primary N) is 1. The van der Waals surface area contributed by atoms with Gasteiger partial charge in [-0.15, -0.1) is 0 Å². The largest absolute Gasteiger partial charge is 0.330 e. The molecule has 2 heteroatoms. The molecule has 0 aliphatic heterocycles. The number of hydrogen-bond acceptors (Lipinski definition) is 2. The lowest BCUT2D eigenvalue weighted by Gasteiger charge is -2.13. The van der Waals surface area contributed by atoms with E-state index in [0.717, 1.165) is 12.3 Å². The van der Waals surface area contributed by atoms with Crippen LogP contribution in [0.1, 0.15) is 30.4 Å². The third-order valence-corrected chi connectivity index (χ3v) is 4.89. The van der Waals surface area contributed by atoms with Gasteiger partial charge in [-0.1, -0.05) is 24.3 Å². The molecule has 1 aliphatic carbocycles. The molecule has 0 heterocycles. The average Bonchev–Trinajstić information content (AvgIpc) is 3.02. The number of aryl methyl sites for hydroxylation is 1. The molecule has 0 atom stereocenters. The Morgan fingerprint density at radius 3 is 2.69 bits per heavy atom. The predicted octanol–water partition coefficient (Wildman–Crippen LogP) is 3.36. The Kier molecular flexibility index (Phi) is 3.93. The molecule has 0 aromatic heterocycles. The topological polar surface area (TPSA) is 26.0 Å². The zero-order valence-corrected chi connectivity index (χ0v) is 10.9. The summed E-state index contributed by atoms with van der Waals surface area (Å²) in [6.07, 6.45) is 4.00. The van der Waals surface area contributed by atoms with Gasteiger partial charge in [-0.3, -0.25) is 0 Å². The second-order valence-electron chi connectivity index (χ2n) is 4.96. The van der Waals surface area contributed by atoms with Crippen molar-refractivity contribution in [1.82, 2.24) is 0 Å². The summed E-state index contributed by atoms with van der Waals surface area (Å²) in [4.78, 5) is 0. The van der Waals surface area contributed by atoms with E-state index in [1.807, 2.05) is 0 Å². The fourth-order valence-corrected chi connectivity index (χ4v) is 3.61. The summed E-state index contributed by atoms with van der Waals surface area (Å²) in [6, 6.07) is 8.68. The average molecular weight is 235 g/mol. The van der Waals surface area contributed by atoms with Crippen molar-refractivity contribution in [1.29, 1.82) is 0 Å². The van der Waals surface area contributed by atoms with Gasteiger partial charge in [0.2, 0.25) is 0 Å². The third kappa shape index (κ3) is 3.02. The molecule has 2 rings (SSSR count). The van der Waals surface area contributed by atoms with Crippen LogP contribution in [0.2, 0.25) is 0 Å². The van der Waals surface area contributed by atoms with Crippen LogP contribution in [0.5, 0.6) is 0 Å². The van der Waals surface area contributed by atoms with Gasteiger partial charge in [-0.25, -0.2) is 0 Å². The van der Waals surface area contributed by atoms with Crippen molar-refractivity contribution in [2.45, 2.75) is 31.9 Å². The van der Waals surface area contributed by atoms with Crippen molar-refractivity contribution >= 4 is 11.8 Å². The van der Waals surface area contributed by atoms with E-state index in [1.54, 1.807) is 0 Å². The second kappa shape index (κ2) is 5.24. The minimum Gasteiger partial charge on any atom is -0.330 e. The Morgan fingerprint density at radius 2 is 2.06 bits per heavy atom. The first-order valence-electron chi connectivity index (χ1n) is 6.08. The molecule has 0 spiro atoms. The van der Waals surface area contributed by atoms with Gasteiger partial charge in [0.15, 0.2) is 0 Å². The van der Waals surface area contributed by atoms with Crippen LogP contribution in [0.4, 0.5) is 0 Å². The fourth-order valence-electron chi connectivity index (χ4n) is 2.10. The van der Waals surface area contributed by atoms with Crippen LogP contribution in [-0.2, 0) is 5.75 Å². The van der Waals surface area contributed by atoms with Crippen LogP contribution >= 0.6 is 11.8 Å². The molecule has 1 aromatic carbocycles.